The Hall–Kier alpha value is -2.12. The summed E-state index contributed by atoms with van der Waals surface area (Å²) in [6, 6.07) is 6.49. The molecule has 2 aromatic rings. The molecule has 0 fully saturated rings. The van der Waals surface area contributed by atoms with E-state index in [1.54, 1.807) is 0 Å². The van der Waals surface area contributed by atoms with Gasteiger partial charge in [-0.05, 0) is 23.6 Å². The first-order valence-electron chi connectivity index (χ1n) is 4.84. The van der Waals surface area contributed by atoms with Gasteiger partial charge in [0, 0.05) is 5.39 Å². The summed E-state index contributed by atoms with van der Waals surface area (Å²) in [6.07, 6.45) is 0. The summed E-state index contributed by atoms with van der Waals surface area (Å²) in [5.41, 5.74) is 4.95. The normalized spacial score (nSPS) is 11.6. The van der Waals surface area contributed by atoms with E-state index in [1.807, 2.05) is 0 Å². The number of benzene rings is 2. The SMILES string of the molecule is NC(=O)c1cc2cccc(S(=O)(=O)O)c2cc1O. The second-order valence-corrected chi connectivity index (χ2v) is 5.08. The van der Waals surface area contributed by atoms with Crippen molar-refractivity contribution in [2.75, 3.05) is 0 Å². The van der Waals surface area contributed by atoms with Crippen LogP contribution in [0.4, 0.5) is 0 Å². The molecule has 1 amide bonds. The lowest BCUT2D eigenvalue weighted by molar-refractivity contribution is 0.0998. The van der Waals surface area contributed by atoms with Crippen molar-refractivity contribution in [2.45, 2.75) is 4.90 Å². The lowest BCUT2D eigenvalue weighted by Gasteiger charge is -2.07. The lowest BCUT2D eigenvalue weighted by atomic mass is 10.1. The Morgan fingerprint density at radius 1 is 1.22 bits per heavy atom. The van der Waals surface area contributed by atoms with Gasteiger partial charge in [-0.1, -0.05) is 12.1 Å². The molecule has 0 heterocycles. The summed E-state index contributed by atoms with van der Waals surface area (Å²) >= 11 is 0. The minimum Gasteiger partial charge on any atom is -0.507 e. The van der Waals surface area contributed by atoms with Crippen LogP contribution < -0.4 is 5.73 Å². The molecule has 94 valence electrons. The van der Waals surface area contributed by atoms with E-state index < -0.39 is 21.8 Å². The predicted molar refractivity (Wildman–Crippen MR) is 63.9 cm³/mol. The number of aromatic hydroxyl groups is 1. The first-order chi connectivity index (χ1) is 8.30. The molecule has 2 rings (SSSR count). The van der Waals surface area contributed by atoms with Crippen molar-refractivity contribution in [1.29, 1.82) is 0 Å². The smallest absolute Gasteiger partial charge is 0.295 e. The maximum atomic E-state index is 11.2. The highest BCUT2D eigenvalue weighted by molar-refractivity contribution is 7.86. The molecule has 6 nitrogen and oxygen atoms in total. The molecule has 2 aromatic carbocycles. The number of hydrogen-bond donors (Lipinski definition) is 3. The Morgan fingerprint density at radius 3 is 2.44 bits per heavy atom. The van der Waals surface area contributed by atoms with Crippen LogP contribution in [0.1, 0.15) is 10.4 Å². The Labute approximate surface area is 102 Å². The Balaban J connectivity index is 2.89. The van der Waals surface area contributed by atoms with Crippen LogP contribution >= 0.6 is 0 Å². The van der Waals surface area contributed by atoms with Crippen molar-refractivity contribution in [3.8, 4) is 5.75 Å². The zero-order valence-electron chi connectivity index (χ0n) is 8.99. The molecule has 0 saturated carbocycles. The van der Waals surface area contributed by atoms with Crippen LogP contribution in [0.2, 0.25) is 0 Å². The third kappa shape index (κ3) is 2.01. The molecule has 0 atom stereocenters. The largest absolute Gasteiger partial charge is 0.507 e. The van der Waals surface area contributed by atoms with Crippen LogP contribution in [0.3, 0.4) is 0 Å². The maximum Gasteiger partial charge on any atom is 0.295 e. The number of carbonyl (C=O) groups is 1. The minimum absolute atomic E-state index is 0.113. The summed E-state index contributed by atoms with van der Waals surface area (Å²) in [5.74, 6) is -1.27. The number of nitrogens with two attached hydrogens (primary N) is 1. The van der Waals surface area contributed by atoms with Crippen LogP contribution in [0.5, 0.6) is 5.75 Å². The molecule has 0 saturated heterocycles. The third-order valence-corrected chi connectivity index (χ3v) is 3.41. The topological polar surface area (TPSA) is 118 Å². The first-order valence-corrected chi connectivity index (χ1v) is 6.28. The van der Waals surface area contributed by atoms with E-state index in [9.17, 15) is 18.3 Å². The number of carbonyl (C=O) groups excluding carboxylic acids is 1. The average molecular weight is 267 g/mol. The van der Waals surface area contributed by atoms with Crippen molar-refractivity contribution in [3.63, 3.8) is 0 Å². The third-order valence-electron chi connectivity index (χ3n) is 2.50. The molecule has 0 unspecified atom stereocenters. The summed E-state index contributed by atoms with van der Waals surface area (Å²) < 4.78 is 31.4. The molecule has 0 aromatic heterocycles. The molecular formula is C11H9NO5S. The van der Waals surface area contributed by atoms with Gasteiger partial charge in [-0.15, -0.1) is 0 Å². The highest BCUT2D eigenvalue weighted by Crippen LogP contribution is 2.29. The highest BCUT2D eigenvalue weighted by atomic mass is 32.2. The summed E-state index contributed by atoms with van der Waals surface area (Å²) in [5, 5.41) is 10.1. The van der Waals surface area contributed by atoms with E-state index in [2.05, 4.69) is 0 Å². The van der Waals surface area contributed by atoms with Gasteiger partial charge in [0.25, 0.3) is 16.0 Å². The fourth-order valence-electron chi connectivity index (χ4n) is 1.71. The van der Waals surface area contributed by atoms with E-state index in [0.29, 0.717) is 5.39 Å². The molecule has 0 bridgehead atoms. The molecule has 7 heteroatoms. The summed E-state index contributed by atoms with van der Waals surface area (Å²) in [7, 11) is -4.41. The first kappa shape index (κ1) is 12.3. The molecular weight excluding hydrogens is 258 g/mol. The van der Waals surface area contributed by atoms with Gasteiger partial charge in [-0.25, -0.2) is 0 Å². The van der Waals surface area contributed by atoms with Crippen LogP contribution in [-0.4, -0.2) is 24.0 Å². The van der Waals surface area contributed by atoms with Gasteiger partial charge in [0.2, 0.25) is 0 Å². The molecule has 0 aliphatic carbocycles. The van der Waals surface area contributed by atoms with Crippen LogP contribution in [-0.2, 0) is 10.1 Å². The van der Waals surface area contributed by atoms with Gasteiger partial charge in [0.15, 0.2) is 0 Å². The van der Waals surface area contributed by atoms with E-state index in [-0.39, 0.29) is 15.8 Å². The zero-order chi connectivity index (χ0) is 13.5. The summed E-state index contributed by atoms with van der Waals surface area (Å²) in [6.45, 7) is 0. The number of primary amides is 1. The van der Waals surface area contributed by atoms with Crippen molar-refractivity contribution in [1.82, 2.24) is 0 Å². The molecule has 0 radical (unpaired) electrons. The number of amides is 1. The minimum atomic E-state index is -4.41. The number of phenols is 1. The van der Waals surface area contributed by atoms with Gasteiger partial charge in [0.1, 0.15) is 10.6 Å². The quantitative estimate of drug-likeness (QED) is 0.698. The van der Waals surface area contributed by atoms with E-state index in [1.165, 1.54) is 24.3 Å². The van der Waals surface area contributed by atoms with Gasteiger partial charge >= 0.3 is 0 Å². The molecule has 0 spiro atoms. The fourth-order valence-corrected chi connectivity index (χ4v) is 2.41. The van der Waals surface area contributed by atoms with Crippen molar-refractivity contribution in [2.24, 2.45) is 5.73 Å². The van der Waals surface area contributed by atoms with Crippen molar-refractivity contribution < 1.29 is 22.9 Å². The van der Waals surface area contributed by atoms with Gasteiger partial charge < -0.3 is 10.8 Å². The van der Waals surface area contributed by atoms with Gasteiger partial charge in [-0.3, -0.25) is 9.35 Å². The Morgan fingerprint density at radius 2 is 1.89 bits per heavy atom. The monoisotopic (exact) mass is 267 g/mol. The number of hydrogen-bond acceptors (Lipinski definition) is 4. The highest BCUT2D eigenvalue weighted by Gasteiger charge is 2.16. The maximum absolute atomic E-state index is 11.2. The lowest BCUT2D eigenvalue weighted by Crippen LogP contribution is -2.11. The standard InChI is InChI=1S/C11H9NO5S/c12-11(14)8-4-6-2-1-3-10(18(15,16)17)7(6)5-9(8)13/h1-5,13H,(H2,12,14)(H,15,16,17). The number of fused-ring (bicyclic) bond motifs is 1. The molecule has 0 aliphatic heterocycles. The molecule has 0 aliphatic rings. The summed E-state index contributed by atoms with van der Waals surface area (Å²) in [4.78, 5) is 10.7. The van der Waals surface area contributed by atoms with Crippen molar-refractivity contribution in [3.05, 3.63) is 35.9 Å². The van der Waals surface area contributed by atoms with Crippen molar-refractivity contribution >= 4 is 26.8 Å². The van der Waals surface area contributed by atoms with Crippen LogP contribution in [0, 0.1) is 0 Å². The Bertz CT molecular complexity index is 751. The van der Waals surface area contributed by atoms with Gasteiger partial charge in [0.05, 0.1) is 5.56 Å². The molecule has 4 N–H and O–H groups in total. The van der Waals surface area contributed by atoms with E-state index >= 15 is 0 Å². The second kappa shape index (κ2) is 3.97. The van der Waals surface area contributed by atoms with Gasteiger partial charge in [-0.2, -0.15) is 8.42 Å². The average Bonchev–Trinajstić information content (AvgIpc) is 2.25. The molecule has 18 heavy (non-hydrogen) atoms. The Kier molecular flexibility index (Phi) is 2.72. The number of rotatable bonds is 2. The predicted octanol–water partition coefficient (Wildman–Crippen LogP) is 0.891. The fraction of sp³-hybridized carbons (Fsp3) is 0. The van der Waals surface area contributed by atoms with E-state index in [0.717, 1.165) is 6.07 Å². The zero-order valence-corrected chi connectivity index (χ0v) is 9.81. The second-order valence-electron chi connectivity index (χ2n) is 3.69. The van der Waals surface area contributed by atoms with E-state index in [4.69, 9.17) is 10.3 Å². The van der Waals surface area contributed by atoms with Crippen LogP contribution in [0.15, 0.2) is 35.2 Å². The van der Waals surface area contributed by atoms with Crippen LogP contribution in [0.25, 0.3) is 10.8 Å².